The van der Waals surface area contributed by atoms with E-state index in [1.54, 1.807) is 6.92 Å². The molecule has 1 aromatic heterocycles. The molecule has 0 aliphatic carbocycles. The van der Waals surface area contributed by atoms with Crippen molar-refractivity contribution in [2.45, 2.75) is 27.3 Å². The molecule has 0 aliphatic heterocycles. The summed E-state index contributed by atoms with van der Waals surface area (Å²) in [6, 6.07) is 1.32. The topological polar surface area (TPSA) is 68.4 Å². The van der Waals surface area contributed by atoms with E-state index in [1.807, 2.05) is 13.8 Å². The Morgan fingerprint density at radius 2 is 2.00 bits per heavy atom. The lowest BCUT2D eigenvalue weighted by Gasteiger charge is -2.18. The quantitative estimate of drug-likeness (QED) is 0.567. The van der Waals surface area contributed by atoms with Crippen molar-refractivity contribution < 1.29 is 4.92 Å². The fourth-order valence-electron chi connectivity index (χ4n) is 1.82. The molecule has 0 spiro atoms. The smallest absolute Gasteiger partial charge is 0.286 e. The van der Waals surface area contributed by atoms with Gasteiger partial charge in [0, 0.05) is 24.7 Å². The van der Waals surface area contributed by atoms with E-state index in [2.05, 4.69) is 4.90 Å². The van der Waals surface area contributed by atoms with Crippen molar-refractivity contribution >= 4 is 5.69 Å². The van der Waals surface area contributed by atoms with Gasteiger partial charge in [0.05, 0.1) is 11.1 Å². The summed E-state index contributed by atoms with van der Waals surface area (Å²) in [5.74, 6) is 0. The largest absolute Gasteiger partial charge is 0.307 e. The van der Waals surface area contributed by atoms with Gasteiger partial charge >= 0.3 is 0 Å². The predicted octanol–water partition coefficient (Wildman–Crippen LogP) is 1.41. The van der Waals surface area contributed by atoms with Crippen LogP contribution >= 0.6 is 0 Å². The number of rotatable bonds is 6. The summed E-state index contributed by atoms with van der Waals surface area (Å²) in [5.41, 5.74) is 0.211. The second-order valence-electron chi connectivity index (χ2n) is 4.16. The summed E-state index contributed by atoms with van der Waals surface area (Å²) in [4.78, 5) is 24.3. The van der Waals surface area contributed by atoms with Crippen LogP contribution in [0.25, 0.3) is 0 Å². The zero-order valence-electron chi connectivity index (χ0n) is 11.0. The van der Waals surface area contributed by atoms with Gasteiger partial charge in [-0.05, 0) is 20.0 Å². The highest BCUT2D eigenvalue weighted by atomic mass is 16.6. The highest BCUT2D eigenvalue weighted by Crippen LogP contribution is 2.09. The van der Waals surface area contributed by atoms with E-state index in [9.17, 15) is 14.9 Å². The van der Waals surface area contributed by atoms with Gasteiger partial charge in [-0.15, -0.1) is 0 Å². The Hall–Kier alpha value is -1.69. The molecule has 1 rings (SSSR count). The third-order valence-corrected chi connectivity index (χ3v) is 3.01. The Bertz CT molecular complexity index is 478. The number of aromatic nitrogens is 1. The van der Waals surface area contributed by atoms with E-state index in [0.29, 0.717) is 18.7 Å². The molecule has 0 radical (unpaired) electrons. The maximum absolute atomic E-state index is 11.9. The summed E-state index contributed by atoms with van der Waals surface area (Å²) >= 11 is 0. The molecule has 1 aromatic rings. The van der Waals surface area contributed by atoms with Gasteiger partial charge in [-0.25, -0.2) is 0 Å². The molecular weight excluding hydrogens is 234 g/mol. The highest BCUT2D eigenvalue weighted by Gasteiger charge is 2.11. The molecule has 0 aromatic carbocycles. The van der Waals surface area contributed by atoms with Gasteiger partial charge in [0.25, 0.3) is 11.2 Å². The van der Waals surface area contributed by atoms with E-state index < -0.39 is 4.92 Å². The Labute approximate surface area is 106 Å². The van der Waals surface area contributed by atoms with E-state index in [1.165, 1.54) is 16.8 Å². The molecule has 0 saturated carbocycles. The lowest BCUT2D eigenvalue weighted by Crippen LogP contribution is -2.31. The molecule has 0 atom stereocenters. The molecule has 6 nitrogen and oxygen atoms in total. The van der Waals surface area contributed by atoms with E-state index in [-0.39, 0.29) is 11.2 Å². The highest BCUT2D eigenvalue weighted by molar-refractivity contribution is 5.30. The third-order valence-electron chi connectivity index (χ3n) is 3.01. The first-order valence-corrected chi connectivity index (χ1v) is 6.07. The Balaban J connectivity index is 2.94. The molecule has 0 N–H and O–H groups in total. The van der Waals surface area contributed by atoms with Crippen LogP contribution in [0, 0.1) is 17.0 Å². The summed E-state index contributed by atoms with van der Waals surface area (Å²) < 4.78 is 1.42. The van der Waals surface area contributed by atoms with Gasteiger partial charge in [-0.2, -0.15) is 0 Å². The molecule has 0 saturated heterocycles. The minimum absolute atomic E-state index is 0.0355. The molecule has 0 bridgehead atoms. The van der Waals surface area contributed by atoms with Gasteiger partial charge in [0.1, 0.15) is 0 Å². The van der Waals surface area contributed by atoms with Crippen LogP contribution in [0.3, 0.4) is 0 Å². The van der Waals surface area contributed by atoms with Gasteiger partial charge in [0.15, 0.2) is 0 Å². The minimum Gasteiger partial charge on any atom is -0.307 e. The van der Waals surface area contributed by atoms with Crippen molar-refractivity contribution in [3.63, 3.8) is 0 Å². The second-order valence-corrected chi connectivity index (χ2v) is 4.16. The summed E-state index contributed by atoms with van der Waals surface area (Å²) in [6.07, 6.45) is 1.32. The first-order valence-electron chi connectivity index (χ1n) is 6.07. The van der Waals surface area contributed by atoms with Crippen LogP contribution in [0.15, 0.2) is 17.1 Å². The Morgan fingerprint density at radius 3 is 2.50 bits per heavy atom. The van der Waals surface area contributed by atoms with Crippen LogP contribution in [0.4, 0.5) is 5.69 Å². The third kappa shape index (κ3) is 3.40. The predicted molar refractivity (Wildman–Crippen MR) is 69.9 cm³/mol. The van der Waals surface area contributed by atoms with Crippen LogP contribution in [-0.2, 0) is 6.54 Å². The number of nitrogens with zero attached hydrogens (tertiary/aromatic N) is 3. The molecule has 18 heavy (non-hydrogen) atoms. The molecule has 100 valence electrons. The van der Waals surface area contributed by atoms with Gasteiger partial charge in [-0.3, -0.25) is 14.9 Å². The number of nitro groups is 1. The standard InChI is InChI=1S/C12H19N3O3/c1-4-13(5-2)6-7-14-9-11(15(17)18)8-10(3)12(14)16/h8-9H,4-7H2,1-3H3. The SMILES string of the molecule is CCN(CC)CCn1cc([N+](=O)[O-])cc(C)c1=O. The molecule has 0 aliphatic rings. The van der Waals surface area contributed by atoms with Crippen LogP contribution in [0.5, 0.6) is 0 Å². The van der Waals surface area contributed by atoms with Crippen LogP contribution in [0.1, 0.15) is 19.4 Å². The maximum atomic E-state index is 11.9. The van der Waals surface area contributed by atoms with Crippen molar-refractivity contribution in [3.05, 3.63) is 38.3 Å². The molecule has 0 unspecified atom stereocenters. The van der Waals surface area contributed by atoms with Crippen LogP contribution in [0.2, 0.25) is 0 Å². The fourth-order valence-corrected chi connectivity index (χ4v) is 1.82. The normalized spacial score (nSPS) is 10.9. The summed E-state index contributed by atoms with van der Waals surface area (Å²) in [5, 5.41) is 10.7. The monoisotopic (exact) mass is 253 g/mol. The van der Waals surface area contributed by atoms with Gasteiger partial charge in [0.2, 0.25) is 0 Å². The first kappa shape index (κ1) is 14.4. The average molecular weight is 253 g/mol. The van der Waals surface area contributed by atoms with Crippen molar-refractivity contribution in [2.24, 2.45) is 0 Å². The molecular formula is C12H19N3O3. The lowest BCUT2D eigenvalue weighted by atomic mass is 10.3. The number of hydrogen-bond donors (Lipinski definition) is 0. The molecule has 0 fully saturated rings. The van der Waals surface area contributed by atoms with Crippen molar-refractivity contribution in [1.29, 1.82) is 0 Å². The van der Waals surface area contributed by atoms with E-state index in [4.69, 9.17) is 0 Å². The minimum atomic E-state index is -0.472. The number of aryl methyl sites for hydroxylation is 1. The maximum Gasteiger partial charge on any atom is 0.286 e. The van der Waals surface area contributed by atoms with Crippen LogP contribution < -0.4 is 5.56 Å². The molecule has 1 heterocycles. The Morgan fingerprint density at radius 1 is 1.39 bits per heavy atom. The Kier molecular flexibility index (Phi) is 5.03. The van der Waals surface area contributed by atoms with Crippen LogP contribution in [-0.4, -0.2) is 34.0 Å². The van der Waals surface area contributed by atoms with Gasteiger partial charge in [-0.1, -0.05) is 13.8 Å². The van der Waals surface area contributed by atoms with E-state index >= 15 is 0 Å². The number of hydrogen-bond acceptors (Lipinski definition) is 4. The number of pyridine rings is 1. The zero-order valence-corrected chi connectivity index (χ0v) is 11.0. The first-order chi connectivity index (χ1) is 8.49. The summed E-state index contributed by atoms with van der Waals surface area (Å²) in [6.45, 7) is 8.69. The molecule has 6 heteroatoms. The van der Waals surface area contributed by atoms with Crippen molar-refractivity contribution in [1.82, 2.24) is 9.47 Å². The van der Waals surface area contributed by atoms with Crippen molar-refractivity contribution in [3.8, 4) is 0 Å². The zero-order chi connectivity index (χ0) is 13.7. The number of likely N-dealkylation sites (N-methyl/N-ethyl adjacent to an activating group) is 1. The fraction of sp³-hybridized carbons (Fsp3) is 0.583. The lowest BCUT2D eigenvalue weighted by molar-refractivity contribution is -0.385. The van der Waals surface area contributed by atoms with Gasteiger partial charge < -0.3 is 9.47 Å². The van der Waals surface area contributed by atoms with Crippen molar-refractivity contribution in [2.75, 3.05) is 19.6 Å². The average Bonchev–Trinajstić information content (AvgIpc) is 2.34. The summed E-state index contributed by atoms with van der Waals surface area (Å²) in [7, 11) is 0. The molecule has 0 amide bonds. The van der Waals surface area contributed by atoms with E-state index in [0.717, 1.165) is 13.1 Å². The second kappa shape index (κ2) is 6.30.